The Balaban J connectivity index is 1.92. The molecule has 4 aromatic rings. The lowest BCUT2D eigenvalue weighted by atomic mass is 9.94. The molecule has 0 unspecified atom stereocenters. The van der Waals surface area contributed by atoms with E-state index in [1.807, 2.05) is 0 Å². The standard InChI is InChI=1S/C23H22N2/c1-16(2)11-12-17-7-3-5-9-19(17)22-21-14-13-18-8-4-6-10-20(18)23(21)25-15-24-22/h3-10,13-16H,11-12H2,1-2H3. The van der Waals surface area contributed by atoms with E-state index in [1.165, 1.54) is 28.3 Å². The summed E-state index contributed by atoms with van der Waals surface area (Å²) in [4.78, 5) is 9.25. The number of fused-ring (bicyclic) bond motifs is 3. The van der Waals surface area contributed by atoms with E-state index < -0.39 is 0 Å². The van der Waals surface area contributed by atoms with Gasteiger partial charge in [-0.05, 0) is 35.8 Å². The molecule has 0 spiro atoms. The van der Waals surface area contributed by atoms with E-state index in [-0.39, 0.29) is 0 Å². The molecule has 124 valence electrons. The lowest BCUT2D eigenvalue weighted by molar-refractivity contribution is 0.587. The Hall–Kier alpha value is -2.74. The molecule has 0 saturated carbocycles. The van der Waals surface area contributed by atoms with Gasteiger partial charge < -0.3 is 0 Å². The molecule has 0 atom stereocenters. The Morgan fingerprint density at radius 2 is 1.60 bits per heavy atom. The van der Waals surface area contributed by atoms with Gasteiger partial charge in [-0.25, -0.2) is 9.97 Å². The third-order valence-corrected chi connectivity index (χ3v) is 4.79. The highest BCUT2D eigenvalue weighted by Gasteiger charge is 2.12. The predicted octanol–water partition coefficient (Wildman–Crippen LogP) is 6.04. The van der Waals surface area contributed by atoms with Crippen molar-refractivity contribution in [2.75, 3.05) is 0 Å². The Morgan fingerprint density at radius 3 is 2.48 bits per heavy atom. The summed E-state index contributed by atoms with van der Waals surface area (Å²) in [7, 11) is 0. The van der Waals surface area contributed by atoms with Crippen molar-refractivity contribution in [3.05, 3.63) is 72.6 Å². The number of nitrogens with zero attached hydrogens (tertiary/aromatic N) is 2. The number of hydrogen-bond donors (Lipinski definition) is 0. The maximum absolute atomic E-state index is 4.66. The predicted molar refractivity (Wildman–Crippen MR) is 106 cm³/mol. The molecule has 0 N–H and O–H groups in total. The van der Waals surface area contributed by atoms with E-state index in [0.717, 1.165) is 23.0 Å². The van der Waals surface area contributed by atoms with Crippen molar-refractivity contribution < 1.29 is 0 Å². The highest BCUT2D eigenvalue weighted by Crippen LogP contribution is 2.32. The Bertz CT molecular complexity index is 1030. The van der Waals surface area contributed by atoms with Gasteiger partial charge in [0, 0.05) is 16.3 Å². The smallest absolute Gasteiger partial charge is 0.116 e. The zero-order chi connectivity index (χ0) is 17.2. The maximum Gasteiger partial charge on any atom is 0.116 e. The topological polar surface area (TPSA) is 25.8 Å². The van der Waals surface area contributed by atoms with Gasteiger partial charge in [0.15, 0.2) is 0 Å². The van der Waals surface area contributed by atoms with E-state index >= 15 is 0 Å². The summed E-state index contributed by atoms with van der Waals surface area (Å²) in [5.74, 6) is 0.694. The second kappa shape index (κ2) is 6.64. The van der Waals surface area contributed by atoms with Crippen molar-refractivity contribution in [1.82, 2.24) is 9.97 Å². The van der Waals surface area contributed by atoms with E-state index in [1.54, 1.807) is 6.33 Å². The number of rotatable bonds is 4. The van der Waals surface area contributed by atoms with Crippen LogP contribution in [-0.2, 0) is 6.42 Å². The molecule has 0 bridgehead atoms. The highest BCUT2D eigenvalue weighted by atomic mass is 14.8. The van der Waals surface area contributed by atoms with Crippen LogP contribution in [0.25, 0.3) is 32.9 Å². The minimum atomic E-state index is 0.694. The third-order valence-electron chi connectivity index (χ3n) is 4.79. The molecule has 0 aliphatic carbocycles. The van der Waals surface area contributed by atoms with Crippen LogP contribution in [0.5, 0.6) is 0 Å². The molecular weight excluding hydrogens is 304 g/mol. The quantitative estimate of drug-likeness (QED) is 0.427. The zero-order valence-electron chi connectivity index (χ0n) is 14.7. The van der Waals surface area contributed by atoms with Crippen LogP contribution < -0.4 is 0 Å². The van der Waals surface area contributed by atoms with Crippen molar-refractivity contribution in [3.8, 4) is 11.3 Å². The molecule has 0 amide bonds. The second-order valence-electron chi connectivity index (χ2n) is 6.99. The Labute approximate surface area is 148 Å². The van der Waals surface area contributed by atoms with Crippen LogP contribution in [0.3, 0.4) is 0 Å². The molecule has 3 aromatic carbocycles. The van der Waals surface area contributed by atoms with E-state index in [0.29, 0.717) is 5.92 Å². The van der Waals surface area contributed by atoms with Gasteiger partial charge in [-0.15, -0.1) is 0 Å². The van der Waals surface area contributed by atoms with Gasteiger partial charge in [0.2, 0.25) is 0 Å². The lowest BCUT2D eigenvalue weighted by Gasteiger charge is -2.13. The second-order valence-corrected chi connectivity index (χ2v) is 6.99. The Kier molecular flexibility index (Phi) is 4.19. The van der Waals surface area contributed by atoms with E-state index in [4.69, 9.17) is 0 Å². The van der Waals surface area contributed by atoms with Crippen molar-refractivity contribution in [1.29, 1.82) is 0 Å². The molecule has 2 nitrogen and oxygen atoms in total. The van der Waals surface area contributed by atoms with E-state index in [9.17, 15) is 0 Å². The fourth-order valence-corrected chi connectivity index (χ4v) is 3.43. The number of hydrogen-bond acceptors (Lipinski definition) is 2. The van der Waals surface area contributed by atoms with Crippen molar-refractivity contribution >= 4 is 21.7 Å². The number of aryl methyl sites for hydroxylation is 1. The Morgan fingerprint density at radius 1 is 0.800 bits per heavy atom. The molecule has 0 radical (unpaired) electrons. The average Bonchev–Trinajstić information content (AvgIpc) is 2.66. The normalized spacial score (nSPS) is 11.5. The van der Waals surface area contributed by atoms with Crippen LogP contribution in [0.4, 0.5) is 0 Å². The first-order valence-corrected chi connectivity index (χ1v) is 8.95. The van der Waals surface area contributed by atoms with Crippen LogP contribution in [0.1, 0.15) is 25.8 Å². The summed E-state index contributed by atoms with van der Waals surface area (Å²) < 4.78 is 0. The fourth-order valence-electron chi connectivity index (χ4n) is 3.43. The van der Waals surface area contributed by atoms with Crippen LogP contribution in [0.2, 0.25) is 0 Å². The molecule has 1 aromatic heterocycles. The first kappa shape index (κ1) is 15.8. The molecule has 1 heterocycles. The summed E-state index contributed by atoms with van der Waals surface area (Å²) in [6, 6.07) is 21.4. The number of benzene rings is 3. The summed E-state index contributed by atoms with van der Waals surface area (Å²) in [5.41, 5.74) is 4.66. The minimum Gasteiger partial charge on any atom is -0.236 e. The molecule has 25 heavy (non-hydrogen) atoms. The van der Waals surface area contributed by atoms with Crippen LogP contribution in [0, 0.1) is 5.92 Å². The summed E-state index contributed by atoms with van der Waals surface area (Å²) in [6.45, 7) is 4.55. The van der Waals surface area contributed by atoms with Crippen LogP contribution in [0.15, 0.2) is 67.0 Å². The molecular formula is C23H22N2. The first-order chi connectivity index (χ1) is 12.2. The van der Waals surface area contributed by atoms with Gasteiger partial charge >= 0.3 is 0 Å². The third kappa shape index (κ3) is 3.00. The molecule has 0 aliphatic rings. The van der Waals surface area contributed by atoms with Gasteiger partial charge in [-0.2, -0.15) is 0 Å². The van der Waals surface area contributed by atoms with Crippen LogP contribution >= 0.6 is 0 Å². The average molecular weight is 326 g/mol. The van der Waals surface area contributed by atoms with Gasteiger partial charge in [0.05, 0.1) is 11.2 Å². The van der Waals surface area contributed by atoms with Gasteiger partial charge in [0.25, 0.3) is 0 Å². The summed E-state index contributed by atoms with van der Waals surface area (Å²) in [5, 5.41) is 3.52. The van der Waals surface area contributed by atoms with Crippen molar-refractivity contribution in [3.63, 3.8) is 0 Å². The van der Waals surface area contributed by atoms with E-state index in [2.05, 4.69) is 84.5 Å². The fraction of sp³-hybridized carbons (Fsp3) is 0.217. The van der Waals surface area contributed by atoms with Gasteiger partial charge in [-0.3, -0.25) is 0 Å². The highest BCUT2D eigenvalue weighted by molar-refractivity contribution is 6.09. The SMILES string of the molecule is CC(C)CCc1ccccc1-c1ncnc2c1ccc1ccccc12. The molecule has 4 rings (SSSR count). The molecule has 0 saturated heterocycles. The van der Waals surface area contributed by atoms with Crippen molar-refractivity contribution in [2.45, 2.75) is 26.7 Å². The van der Waals surface area contributed by atoms with Gasteiger partial charge in [0.1, 0.15) is 6.33 Å². The minimum absolute atomic E-state index is 0.694. The monoisotopic (exact) mass is 326 g/mol. The molecule has 0 fully saturated rings. The van der Waals surface area contributed by atoms with Crippen molar-refractivity contribution in [2.24, 2.45) is 5.92 Å². The molecule has 2 heteroatoms. The summed E-state index contributed by atoms with van der Waals surface area (Å²) >= 11 is 0. The molecule has 0 aliphatic heterocycles. The summed E-state index contributed by atoms with van der Waals surface area (Å²) in [6.07, 6.45) is 3.96. The number of aromatic nitrogens is 2. The zero-order valence-corrected chi connectivity index (χ0v) is 14.7. The maximum atomic E-state index is 4.66. The largest absolute Gasteiger partial charge is 0.236 e. The first-order valence-electron chi connectivity index (χ1n) is 8.95. The van der Waals surface area contributed by atoms with Gasteiger partial charge in [-0.1, -0.05) is 68.4 Å². The lowest BCUT2D eigenvalue weighted by Crippen LogP contribution is -1.97. The van der Waals surface area contributed by atoms with Crippen LogP contribution in [-0.4, -0.2) is 9.97 Å².